The largest absolute Gasteiger partial charge is 0.353 e. The molecule has 0 aliphatic carbocycles. The van der Waals surface area contributed by atoms with Crippen LogP contribution >= 0.6 is 0 Å². The number of nitrogens with one attached hydrogen (secondary N) is 1. The maximum absolute atomic E-state index is 12.4. The SMILES string of the molecule is Cc1cc(C)cc(-c2ccc(CN3CCCC3C(=O)NC(C)C)cc2)c1. The van der Waals surface area contributed by atoms with Gasteiger partial charge in [0, 0.05) is 12.6 Å². The van der Waals surface area contributed by atoms with Crippen molar-refractivity contribution < 1.29 is 4.79 Å². The lowest BCUT2D eigenvalue weighted by Crippen LogP contribution is -2.45. The fourth-order valence-electron chi connectivity index (χ4n) is 3.87. The van der Waals surface area contributed by atoms with Crippen LogP contribution in [0.4, 0.5) is 0 Å². The molecule has 1 N–H and O–H groups in total. The second-order valence-electron chi connectivity index (χ2n) is 7.87. The molecule has 3 heteroatoms. The van der Waals surface area contributed by atoms with Crippen LogP contribution in [0.25, 0.3) is 11.1 Å². The topological polar surface area (TPSA) is 32.3 Å². The van der Waals surface area contributed by atoms with Gasteiger partial charge in [0.15, 0.2) is 0 Å². The van der Waals surface area contributed by atoms with Gasteiger partial charge in [-0.3, -0.25) is 9.69 Å². The number of amides is 1. The Balaban J connectivity index is 1.70. The summed E-state index contributed by atoms with van der Waals surface area (Å²) < 4.78 is 0. The zero-order chi connectivity index (χ0) is 18.7. The molecule has 0 saturated carbocycles. The molecule has 0 aromatic heterocycles. The van der Waals surface area contributed by atoms with Crippen LogP contribution in [0.1, 0.15) is 43.4 Å². The van der Waals surface area contributed by atoms with Crippen LogP contribution in [0.3, 0.4) is 0 Å². The molecule has 1 fully saturated rings. The van der Waals surface area contributed by atoms with Crippen molar-refractivity contribution in [2.45, 2.75) is 59.2 Å². The maximum atomic E-state index is 12.4. The van der Waals surface area contributed by atoms with Gasteiger partial charge in [-0.25, -0.2) is 0 Å². The Morgan fingerprint density at radius 1 is 1.08 bits per heavy atom. The lowest BCUT2D eigenvalue weighted by atomic mass is 9.99. The van der Waals surface area contributed by atoms with E-state index in [1.807, 2.05) is 13.8 Å². The summed E-state index contributed by atoms with van der Waals surface area (Å²) >= 11 is 0. The predicted molar refractivity (Wildman–Crippen MR) is 108 cm³/mol. The minimum absolute atomic E-state index is 0.0106. The van der Waals surface area contributed by atoms with Gasteiger partial charge >= 0.3 is 0 Å². The number of carbonyl (C=O) groups is 1. The maximum Gasteiger partial charge on any atom is 0.237 e. The molecule has 3 rings (SSSR count). The average Bonchev–Trinajstić information content (AvgIpc) is 3.02. The van der Waals surface area contributed by atoms with E-state index in [4.69, 9.17) is 0 Å². The minimum atomic E-state index is 0.0106. The molecule has 0 spiro atoms. The highest BCUT2D eigenvalue weighted by molar-refractivity contribution is 5.82. The van der Waals surface area contributed by atoms with Gasteiger partial charge in [0.1, 0.15) is 0 Å². The highest BCUT2D eigenvalue weighted by atomic mass is 16.2. The van der Waals surface area contributed by atoms with Crippen LogP contribution in [0.5, 0.6) is 0 Å². The lowest BCUT2D eigenvalue weighted by Gasteiger charge is -2.24. The van der Waals surface area contributed by atoms with Crippen molar-refractivity contribution in [3.63, 3.8) is 0 Å². The van der Waals surface area contributed by atoms with Crippen molar-refractivity contribution in [1.82, 2.24) is 10.2 Å². The Hall–Kier alpha value is -2.13. The van der Waals surface area contributed by atoms with E-state index in [1.54, 1.807) is 0 Å². The summed E-state index contributed by atoms with van der Waals surface area (Å²) in [6.07, 6.45) is 2.05. The van der Waals surface area contributed by atoms with E-state index in [9.17, 15) is 4.79 Å². The zero-order valence-electron chi connectivity index (χ0n) is 16.4. The summed E-state index contributed by atoms with van der Waals surface area (Å²) in [5.41, 5.74) is 6.36. The molecule has 1 saturated heterocycles. The highest BCUT2D eigenvalue weighted by Crippen LogP contribution is 2.25. The molecule has 26 heavy (non-hydrogen) atoms. The second kappa shape index (κ2) is 8.05. The summed E-state index contributed by atoms with van der Waals surface area (Å²) in [5, 5.41) is 3.06. The van der Waals surface area contributed by atoms with Crippen LogP contribution in [0.15, 0.2) is 42.5 Å². The van der Waals surface area contributed by atoms with Gasteiger partial charge in [-0.1, -0.05) is 53.6 Å². The molecule has 1 aliphatic rings. The summed E-state index contributed by atoms with van der Waals surface area (Å²) in [5.74, 6) is 0.171. The van der Waals surface area contributed by atoms with Crippen LogP contribution in [-0.2, 0) is 11.3 Å². The van der Waals surface area contributed by atoms with Gasteiger partial charge in [0.25, 0.3) is 0 Å². The molecule has 1 amide bonds. The summed E-state index contributed by atoms with van der Waals surface area (Å²) in [7, 11) is 0. The quantitative estimate of drug-likeness (QED) is 0.863. The third-order valence-corrected chi connectivity index (χ3v) is 4.99. The van der Waals surface area contributed by atoms with E-state index in [1.165, 1.54) is 27.8 Å². The Morgan fingerprint density at radius 2 is 1.73 bits per heavy atom. The van der Waals surface area contributed by atoms with Crippen molar-refractivity contribution in [2.24, 2.45) is 0 Å². The van der Waals surface area contributed by atoms with E-state index >= 15 is 0 Å². The van der Waals surface area contributed by atoms with Gasteiger partial charge < -0.3 is 5.32 Å². The second-order valence-corrected chi connectivity index (χ2v) is 7.87. The first-order valence-corrected chi connectivity index (χ1v) is 9.64. The zero-order valence-corrected chi connectivity index (χ0v) is 16.4. The molecule has 3 nitrogen and oxygen atoms in total. The standard InChI is InChI=1S/C23H30N2O/c1-16(2)24-23(26)22-6-5-11-25(22)15-19-7-9-20(10-8-19)21-13-17(3)12-18(4)14-21/h7-10,12-14,16,22H,5-6,11,15H2,1-4H3,(H,24,26). The van der Waals surface area contributed by atoms with Crippen LogP contribution < -0.4 is 5.32 Å². The van der Waals surface area contributed by atoms with E-state index in [2.05, 4.69) is 66.5 Å². The van der Waals surface area contributed by atoms with E-state index in [-0.39, 0.29) is 18.0 Å². The molecule has 2 aromatic rings. The Morgan fingerprint density at radius 3 is 2.35 bits per heavy atom. The molecule has 0 radical (unpaired) electrons. The predicted octanol–water partition coefficient (Wildman–Crippen LogP) is 4.46. The van der Waals surface area contributed by atoms with Gasteiger partial charge in [0.05, 0.1) is 6.04 Å². The van der Waals surface area contributed by atoms with E-state index in [0.717, 1.165) is 25.9 Å². The molecular weight excluding hydrogens is 320 g/mol. The number of hydrogen-bond acceptors (Lipinski definition) is 2. The Kier molecular flexibility index (Phi) is 5.77. The molecule has 1 atom stereocenters. The van der Waals surface area contributed by atoms with Gasteiger partial charge in [-0.05, 0) is 63.8 Å². The molecule has 1 heterocycles. The average molecular weight is 351 g/mol. The molecule has 0 bridgehead atoms. The fourth-order valence-corrected chi connectivity index (χ4v) is 3.87. The molecule has 2 aromatic carbocycles. The number of hydrogen-bond donors (Lipinski definition) is 1. The smallest absolute Gasteiger partial charge is 0.237 e. The van der Waals surface area contributed by atoms with Crippen molar-refractivity contribution in [1.29, 1.82) is 0 Å². The molecule has 1 unspecified atom stereocenters. The Labute approximate surface area is 157 Å². The number of carbonyl (C=O) groups excluding carboxylic acids is 1. The highest BCUT2D eigenvalue weighted by Gasteiger charge is 2.30. The van der Waals surface area contributed by atoms with E-state index in [0.29, 0.717) is 0 Å². The van der Waals surface area contributed by atoms with Crippen molar-refractivity contribution >= 4 is 5.91 Å². The summed E-state index contributed by atoms with van der Waals surface area (Å²) in [4.78, 5) is 14.7. The third-order valence-electron chi connectivity index (χ3n) is 4.99. The van der Waals surface area contributed by atoms with Crippen LogP contribution in [-0.4, -0.2) is 29.4 Å². The monoisotopic (exact) mass is 350 g/mol. The first-order chi connectivity index (χ1) is 12.4. The summed E-state index contributed by atoms with van der Waals surface area (Å²) in [6, 6.07) is 15.7. The Bertz CT molecular complexity index is 744. The first kappa shape index (κ1) is 18.7. The van der Waals surface area contributed by atoms with Crippen molar-refractivity contribution in [3.05, 3.63) is 59.2 Å². The normalized spacial score (nSPS) is 17.7. The molecule has 138 valence electrons. The van der Waals surface area contributed by atoms with Gasteiger partial charge in [-0.2, -0.15) is 0 Å². The summed E-state index contributed by atoms with van der Waals surface area (Å²) in [6.45, 7) is 10.1. The number of likely N-dealkylation sites (tertiary alicyclic amines) is 1. The fraction of sp³-hybridized carbons (Fsp3) is 0.435. The van der Waals surface area contributed by atoms with Crippen LogP contribution in [0.2, 0.25) is 0 Å². The first-order valence-electron chi connectivity index (χ1n) is 9.64. The number of nitrogens with zero attached hydrogens (tertiary/aromatic N) is 1. The third kappa shape index (κ3) is 4.53. The van der Waals surface area contributed by atoms with Gasteiger partial charge in [-0.15, -0.1) is 0 Å². The van der Waals surface area contributed by atoms with E-state index < -0.39 is 0 Å². The number of aryl methyl sites for hydroxylation is 2. The minimum Gasteiger partial charge on any atom is -0.353 e. The van der Waals surface area contributed by atoms with Gasteiger partial charge in [0.2, 0.25) is 5.91 Å². The number of benzene rings is 2. The van der Waals surface area contributed by atoms with Crippen molar-refractivity contribution in [3.8, 4) is 11.1 Å². The van der Waals surface area contributed by atoms with Crippen molar-refractivity contribution in [2.75, 3.05) is 6.54 Å². The molecule has 1 aliphatic heterocycles. The number of rotatable bonds is 5. The molecular formula is C23H30N2O. The van der Waals surface area contributed by atoms with Crippen LogP contribution in [0, 0.1) is 13.8 Å². The lowest BCUT2D eigenvalue weighted by molar-refractivity contribution is -0.126.